The fourth-order valence-electron chi connectivity index (χ4n) is 2.27. The van der Waals surface area contributed by atoms with Crippen molar-refractivity contribution in [2.75, 3.05) is 0 Å². The second kappa shape index (κ2) is 5.19. The standard InChI is InChI=1S/C16H11ClFNO/c17-15-12(5-2-6-14(15)18)16(20)11-4-1-3-10-7-8-19-9-13(10)11/h1-9,16,20H. The number of benzene rings is 2. The highest BCUT2D eigenvalue weighted by atomic mass is 35.5. The van der Waals surface area contributed by atoms with Crippen molar-refractivity contribution in [3.05, 3.63) is 76.8 Å². The topological polar surface area (TPSA) is 33.1 Å². The Morgan fingerprint density at radius 1 is 1.05 bits per heavy atom. The fraction of sp³-hybridized carbons (Fsp3) is 0.0625. The number of rotatable bonds is 2. The molecular weight excluding hydrogens is 277 g/mol. The monoisotopic (exact) mass is 287 g/mol. The number of hydrogen-bond acceptors (Lipinski definition) is 2. The van der Waals surface area contributed by atoms with Crippen molar-refractivity contribution in [2.45, 2.75) is 6.10 Å². The van der Waals surface area contributed by atoms with Gasteiger partial charge < -0.3 is 5.11 Å². The van der Waals surface area contributed by atoms with Crippen LogP contribution < -0.4 is 0 Å². The summed E-state index contributed by atoms with van der Waals surface area (Å²) >= 11 is 5.94. The first-order chi connectivity index (χ1) is 9.68. The van der Waals surface area contributed by atoms with Gasteiger partial charge in [-0.1, -0.05) is 41.9 Å². The molecule has 3 rings (SSSR count). The molecular formula is C16H11ClFNO. The van der Waals surface area contributed by atoms with Crippen LogP contribution in [-0.2, 0) is 0 Å². The first-order valence-corrected chi connectivity index (χ1v) is 6.51. The highest BCUT2D eigenvalue weighted by Gasteiger charge is 2.18. The third kappa shape index (κ3) is 2.15. The lowest BCUT2D eigenvalue weighted by atomic mass is 9.97. The van der Waals surface area contributed by atoms with E-state index in [9.17, 15) is 9.50 Å². The van der Waals surface area contributed by atoms with Gasteiger partial charge in [-0.2, -0.15) is 0 Å². The molecule has 3 aromatic rings. The van der Waals surface area contributed by atoms with Crippen molar-refractivity contribution >= 4 is 22.4 Å². The molecule has 1 atom stereocenters. The molecule has 20 heavy (non-hydrogen) atoms. The van der Waals surface area contributed by atoms with Gasteiger partial charge in [0, 0.05) is 23.3 Å². The number of aliphatic hydroxyl groups is 1. The molecule has 0 amide bonds. The zero-order valence-electron chi connectivity index (χ0n) is 10.4. The molecule has 1 unspecified atom stereocenters. The molecule has 0 fully saturated rings. The van der Waals surface area contributed by atoms with E-state index in [0.717, 1.165) is 10.8 Å². The third-order valence-electron chi connectivity index (χ3n) is 3.29. The molecule has 4 heteroatoms. The molecule has 100 valence electrons. The van der Waals surface area contributed by atoms with Crippen molar-refractivity contribution in [3.63, 3.8) is 0 Å². The van der Waals surface area contributed by atoms with E-state index in [2.05, 4.69) is 4.98 Å². The SMILES string of the molecule is OC(c1cccc(F)c1Cl)c1cccc2ccncc12. The van der Waals surface area contributed by atoms with Crippen LogP contribution in [-0.4, -0.2) is 10.1 Å². The number of fused-ring (bicyclic) bond motifs is 1. The van der Waals surface area contributed by atoms with E-state index in [1.54, 1.807) is 24.5 Å². The zero-order valence-corrected chi connectivity index (χ0v) is 11.2. The van der Waals surface area contributed by atoms with Gasteiger partial charge in [-0.3, -0.25) is 4.98 Å². The Morgan fingerprint density at radius 3 is 2.65 bits per heavy atom. The van der Waals surface area contributed by atoms with E-state index < -0.39 is 11.9 Å². The van der Waals surface area contributed by atoms with Crippen LogP contribution in [0.15, 0.2) is 54.9 Å². The molecule has 0 aliphatic carbocycles. The first-order valence-electron chi connectivity index (χ1n) is 6.13. The van der Waals surface area contributed by atoms with Crippen molar-refractivity contribution < 1.29 is 9.50 Å². The van der Waals surface area contributed by atoms with Crippen LogP contribution in [0.5, 0.6) is 0 Å². The second-order valence-electron chi connectivity index (χ2n) is 4.49. The Labute approximate surface area is 120 Å². The van der Waals surface area contributed by atoms with Gasteiger partial charge in [0.1, 0.15) is 11.9 Å². The number of aromatic nitrogens is 1. The van der Waals surface area contributed by atoms with Gasteiger partial charge in [0.15, 0.2) is 0 Å². The summed E-state index contributed by atoms with van der Waals surface area (Å²) in [5.41, 5.74) is 1.01. The normalized spacial score (nSPS) is 12.6. The minimum Gasteiger partial charge on any atom is -0.384 e. The lowest BCUT2D eigenvalue weighted by Gasteiger charge is -2.15. The molecule has 0 aliphatic rings. The minimum absolute atomic E-state index is 0.0547. The van der Waals surface area contributed by atoms with Crippen LogP contribution in [0.1, 0.15) is 17.2 Å². The number of pyridine rings is 1. The summed E-state index contributed by atoms with van der Waals surface area (Å²) in [7, 11) is 0. The lowest BCUT2D eigenvalue weighted by molar-refractivity contribution is 0.221. The molecule has 1 aromatic heterocycles. The average molecular weight is 288 g/mol. The minimum atomic E-state index is -0.994. The number of hydrogen-bond donors (Lipinski definition) is 1. The molecule has 0 radical (unpaired) electrons. The smallest absolute Gasteiger partial charge is 0.142 e. The quantitative estimate of drug-likeness (QED) is 0.769. The maximum atomic E-state index is 13.5. The molecule has 1 N–H and O–H groups in total. The summed E-state index contributed by atoms with van der Waals surface area (Å²) in [6.45, 7) is 0. The van der Waals surface area contributed by atoms with Crippen molar-refractivity contribution in [3.8, 4) is 0 Å². The summed E-state index contributed by atoms with van der Waals surface area (Å²) in [5.74, 6) is -0.540. The molecule has 2 aromatic carbocycles. The van der Waals surface area contributed by atoms with E-state index >= 15 is 0 Å². The van der Waals surface area contributed by atoms with Gasteiger partial charge in [0.05, 0.1) is 5.02 Å². The third-order valence-corrected chi connectivity index (χ3v) is 3.69. The summed E-state index contributed by atoms with van der Waals surface area (Å²) in [5, 5.41) is 12.2. The van der Waals surface area contributed by atoms with Crippen molar-refractivity contribution in [1.29, 1.82) is 0 Å². The van der Waals surface area contributed by atoms with E-state index in [0.29, 0.717) is 11.1 Å². The van der Waals surface area contributed by atoms with E-state index in [1.807, 2.05) is 18.2 Å². The summed E-state index contributed by atoms with van der Waals surface area (Å²) in [6, 6.07) is 11.8. The van der Waals surface area contributed by atoms with Gasteiger partial charge in [-0.15, -0.1) is 0 Å². The van der Waals surface area contributed by atoms with E-state index in [4.69, 9.17) is 11.6 Å². The first kappa shape index (κ1) is 13.0. The van der Waals surface area contributed by atoms with Gasteiger partial charge in [0.25, 0.3) is 0 Å². The number of nitrogens with zero attached hydrogens (tertiary/aromatic N) is 1. The van der Waals surface area contributed by atoms with Gasteiger partial charge in [-0.25, -0.2) is 4.39 Å². The Balaban J connectivity index is 2.18. The number of aliphatic hydroxyl groups excluding tert-OH is 1. The average Bonchev–Trinajstić information content (AvgIpc) is 2.49. The fourth-order valence-corrected chi connectivity index (χ4v) is 2.50. The maximum Gasteiger partial charge on any atom is 0.142 e. The lowest BCUT2D eigenvalue weighted by Crippen LogP contribution is -2.02. The molecule has 0 aliphatic heterocycles. The van der Waals surface area contributed by atoms with Crippen LogP contribution in [0.25, 0.3) is 10.8 Å². The van der Waals surface area contributed by atoms with Gasteiger partial charge in [-0.05, 0) is 23.1 Å². The second-order valence-corrected chi connectivity index (χ2v) is 4.87. The highest BCUT2D eigenvalue weighted by Crippen LogP contribution is 2.33. The molecule has 0 bridgehead atoms. The Morgan fingerprint density at radius 2 is 1.80 bits per heavy atom. The Kier molecular flexibility index (Phi) is 3.38. The van der Waals surface area contributed by atoms with Crippen LogP contribution in [0.4, 0.5) is 4.39 Å². The van der Waals surface area contributed by atoms with Crippen LogP contribution in [0, 0.1) is 5.82 Å². The summed E-state index contributed by atoms with van der Waals surface area (Å²) in [4.78, 5) is 4.07. The van der Waals surface area contributed by atoms with Gasteiger partial charge in [0.2, 0.25) is 0 Å². The highest BCUT2D eigenvalue weighted by molar-refractivity contribution is 6.31. The van der Waals surface area contributed by atoms with E-state index in [-0.39, 0.29) is 5.02 Å². The molecule has 2 nitrogen and oxygen atoms in total. The van der Waals surface area contributed by atoms with Crippen LogP contribution in [0.3, 0.4) is 0 Å². The van der Waals surface area contributed by atoms with Crippen LogP contribution >= 0.6 is 11.6 Å². The van der Waals surface area contributed by atoms with Crippen LogP contribution in [0.2, 0.25) is 5.02 Å². The summed E-state index contributed by atoms with van der Waals surface area (Å²) < 4.78 is 13.5. The Hall–Kier alpha value is -1.97. The molecule has 1 heterocycles. The zero-order chi connectivity index (χ0) is 14.1. The Bertz CT molecular complexity index is 770. The molecule has 0 spiro atoms. The number of halogens is 2. The van der Waals surface area contributed by atoms with Crippen molar-refractivity contribution in [2.24, 2.45) is 0 Å². The maximum absolute atomic E-state index is 13.5. The predicted molar refractivity (Wildman–Crippen MR) is 77.2 cm³/mol. The molecule has 0 saturated heterocycles. The van der Waals surface area contributed by atoms with E-state index in [1.165, 1.54) is 12.1 Å². The van der Waals surface area contributed by atoms with Crippen molar-refractivity contribution in [1.82, 2.24) is 4.98 Å². The molecule has 0 saturated carbocycles. The predicted octanol–water partition coefficient (Wildman–Crippen LogP) is 4.11. The largest absolute Gasteiger partial charge is 0.384 e. The van der Waals surface area contributed by atoms with Gasteiger partial charge >= 0.3 is 0 Å². The summed E-state index contributed by atoms with van der Waals surface area (Å²) in [6.07, 6.45) is 2.38.